The second-order valence-corrected chi connectivity index (χ2v) is 3.12. The molecule has 15 heavy (non-hydrogen) atoms. The van der Waals surface area contributed by atoms with Gasteiger partial charge in [0.2, 0.25) is 0 Å². The van der Waals surface area contributed by atoms with E-state index in [0.29, 0.717) is 10.9 Å². The SMILES string of the molecule is N#Cc1cc2cccc(O)c2cc1C#N. The predicted octanol–water partition coefficient (Wildman–Crippen LogP) is 2.29. The lowest BCUT2D eigenvalue weighted by Gasteiger charge is -2.02. The van der Waals surface area contributed by atoms with Crippen molar-refractivity contribution in [3.63, 3.8) is 0 Å². The number of nitrogens with zero attached hydrogens (tertiary/aromatic N) is 2. The molecule has 0 spiro atoms. The Kier molecular flexibility index (Phi) is 2.00. The zero-order valence-electron chi connectivity index (χ0n) is 7.73. The maximum Gasteiger partial charge on any atom is 0.123 e. The van der Waals surface area contributed by atoms with Gasteiger partial charge in [0.25, 0.3) is 0 Å². The molecule has 0 aromatic heterocycles. The molecule has 0 radical (unpaired) electrons. The fourth-order valence-corrected chi connectivity index (χ4v) is 1.49. The molecule has 0 heterocycles. The lowest BCUT2D eigenvalue weighted by Crippen LogP contribution is -1.84. The molecular weight excluding hydrogens is 188 g/mol. The van der Waals surface area contributed by atoms with E-state index in [1.165, 1.54) is 6.07 Å². The van der Waals surface area contributed by atoms with Crippen LogP contribution in [0.3, 0.4) is 0 Å². The highest BCUT2D eigenvalue weighted by Gasteiger charge is 2.06. The van der Waals surface area contributed by atoms with Gasteiger partial charge in [0.05, 0.1) is 11.1 Å². The van der Waals surface area contributed by atoms with Gasteiger partial charge < -0.3 is 5.11 Å². The number of rotatable bonds is 0. The molecule has 0 bridgehead atoms. The summed E-state index contributed by atoms with van der Waals surface area (Å²) in [6.07, 6.45) is 0. The molecule has 0 fully saturated rings. The van der Waals surface area contributed by atoms with Gasteiger partial charge in [0.15, 0.2) is 0 Å². The number of hydrogen-bond donors (Lipinski definition) is 1. The Balaban J connectivity index is 2.90. The quantitative estimate of drug-likeness (QED) is 0.699. The molecule has 0 amide bonds. The molecule has 2 rings (SSSR count). The van der Waals surface area contributed by atoms with Crippen molar-refractivity contribution in [1.82, 2.24) is 0 Å². The maximum absolute atomic E-state index is 9.56. The first-order chi connectivity index (χ1) is 7.26. The van der Waals surface area contributed by atoms with Crippen LogP contribution in [0.15, 0.2) is 30.3 Å². The van der Waals surface area contributed by atoms with Gasteiger partial charge in [-0.2, -0.15) is 10.5 Å². The third-order valence-corrected chi connectivity index (χ3v) is 2.24. The zero-order valence-corrected chi connectivity index (χ0v) is 7.73. The van der Waals surface area contributed by atoms with Gasteiger partial charge in [-0.1, -0.05) is 12.1 Å². The number of hydrogen-bond acceptors (Lipinski definition) is 3. The van der Waals surface area contributed by atoms with E-state index in [2.05, 4.69) is 0 Å². The Morgan fingerprint density at radius 3 is 2.33 bits per heavy atom. The predicted molar refractivity (Wildman–Crippen MR) is 55.0 cm³/mol. The number of nitriles is 2. The first kappa shape index (κ1) is 9.05. The van der Waals surface area contributed by atoms with E-state index in [-0.39, 0.29) is 11.3 Å². The van der Waals surface area contributed by atoms with Gasteiger partial charge in [0, 0.05) is 5.39 Å². The standard InChI is InChI=1S/C12H6N2O/c13-6-9-4-8-2-1-3-12(15)11(8)5-10(9)7-14/h1-5,15H. The second kappa shape index (κ2) is 3.32. The Morgan fingerprint density at radius 1 is 1.00 bits per heavy atom. The van der Waals surface area contributed by atoms with Crippen LogP contribution in [0.5, 0.6) is 5.75 Å². The largest absolute Gasteiger partial charge is 0.507 e. The van der Waals surface area contributed by atoms with E-state index in [1.807, 2.05) is 12.1 Å². The molecule has 0 aliphatic rings. The van der Waals surface area contributed by atoms with Crippen molar-refractivity contribution >= 4 is 10.8 Å². The average Bonchev–Trinajstić information content (AvgIpc) is 2.28. The normalized spacial score (nSPS) is 9.47. The monoisotopic (exact) mass is 194 g/mol. The lowest BCUT2D eigenvalue weighted by molar-refractivity contribution is 0.481. The number of fused-ring (bicyclic) bond motifs is 1. The summed E-state index contributed by atoms with van der Waals surface area (Å²) in [5.41, 5.74) is 0.613. The molecular formula is C12H6N2O. The fraction of sp³-hybridized carbons (Fsp3) is 0. The van der Waals surface area contributed by atoms with Gasteiger partial charge >= 0.3 is 0 Å². The van der Waals surface area contributed by atoms with E-state index < -0.39 is 0 Å². The van der Waals surface area contributed by atoms with E-state index >= 15 is 0 Å². The molecule has 2 aromatic carbocycles. The molecule has 1 N–H and O–H groups in total. The third kappa shape index (κ3) is 1.37. The minimum absolute atomic E-state index is 0.119. The van der Waals surface area contributed by atoms with E-state index in [4.69, 9.17) is 10.5 Å². The third-order valence-electron chi connectivity index (χ3n) is 2.24. The maximum atomic E-state index is 9.56. The van der Waals surface area contributed by atoms with Gasteiger partial charge in [-0.15, -0.1) is 0 Å². The molecule has 0 aliphatic carbocycles. The van der Waals surface area contributed by atoms with Crippen LogP contribution < -0.4 is 0 Å². The number of benzene rings is 2. The fourth-order valence-electron chi connectivity index (χ4n) is 1.49. The summed E-state index contributed by atoms with van der Waals surface area (Å²) < 4.78 is 0. The van der Waals surface area contributed by atoms with Gasteiger partial charge in [-0.05, 0) is 23.6 Å². The van der Waals surface area contributed by atoms with Crippen LogP contribution in [0.4, 0.5) is 0 Å². The van der Waals surface area contributed by atoms with Crippen LogP contribution in [0.2, 0.25) is 0 Å². The lowest BCUT2D eigenvalue weighted by atomic mass is 10.0. The van der Waals surface area contributed by atoms with Crippen molar-refractivity contribution in [1.29, 1.82) is 10.5 Å². The van der Waals surface area contributed by atoms with Crippen LogP contribution in [-0.4, -0.2) is 5.11 Å². The molecule has 0 aliphatic heterocycles. The number of phenolic OH excluding ortho intramolecular Hbond substituents is 1. The molecule has 70 valence electrons. The van der Waals surface area contributed by atoms with Crippen molar-refractivity contribution in [3.05, 3.63) is 41.5 Å². The highest BCUT2D eigenvalue weighted by Crippen LogP contribution is 2.26. The summed E-state index contributed by atoms with van der Waals surface area (Å²) >= 11 is 0. The summed E-state index contributed by atoms with van der Waals surface area (Å²) in [6, 6.07) is 12.1. The first-order valence-electron chi connectivity index (χ1n) is 4.32. The molecule has 0 saturated carbocycles. The van der Waals surface area contributed by atoms with E-state index in [1.54, 1.807) is 24.3 Å². The Hall–Kier alpha value is -2.52. The Morgan fingerprint density at radius 2 is 1.67 bits per heavy atom. The van der Waals surface area contributed by atoms with Crippen molar-refractivity contribution in [3.8, 4) is 17.9 Å². The summed E-state index contributed by atoms with van der Waals surface area (Å²) in [7, 11) is 0. The van der Waals surface area contributed by atoms with Crippen molar-refractivity contribution in [2.45, 2.75) is 0 Å². The zero-order chi connectivity index (χ0) is 10.8. The van der Waals surface area contributed by atoms with Crippen LogP contribution in [-0.2, 0) is 0 Å². The Bertz CT molecular complexity index is 618. The van der Waals surface area contributed by atoms with Crippen molar-refractivity contribution in [2.75, 3.05) is 0 Å². The summed E-state index contributed by atoms with van der Waals surface area (Å²) in [5, 5.41) is 28.5. The highest BCUT2D eigenvalue weighted by atomic mass is 16.3. The summed E-state index contributed by atoms with van der Waals surface area (Å²) in [4.78, 5) is 0. The molecule has 3 nitrogen and oxygen atoms in total. The minimum atomic E-state index is 0.119. The van der Waals surface area contributed by atoms with E-state index in [0.717, 1.165) is 5.39 Å². The topological polar surface area (TPSA) is 67.8 Å². The first-order valence-corrected chi connectivity index (χ1v) is 4.32. The molecule has 2 aromatic rings. The van der Waals surface area contributed by atoms with Crippen LogP contribution >= 0.6 is 0 Å². The molecule has 0 saturated heterocycles. The second-order valence-electron chi connectivity index (χ2n) is 3.12. The number of aromatic hydroxyl groups is 1. The summed E-state index contributed by atoms with van der Waals surface area (Å²) in [6.45, 7) is 0. The summed E-state index contributed by atoms with van der Waals surface area (Å²) in [5.74, 6) is 0.119. The van der Waals surface area contributed by atoms with Crippen LogP contribution in [0.25, 0.3) is 10.8 Å². The molecule has 0 atom stereocenters. The van der Waals surface area contributed by atoms with Crippen LogP contribution in [0.1, 0.15) is 11.1 Å². The Labute approximate surface area is 86.4 Å². The van der Waals surface area contributed by atoms with Gasteiger partial charge in [-0.25, -0.2) is 0 Å². The molecule has 3 heteroatoms. The van der Waals surface area contributed by atoms with Crippen molar-refractivity contribution in [2.24, 2.45) is 0 Å². The number of phenols is 1. The average molecular weight is 194 g/mol. The smallest absolute Gasteiger partial charge is 0.123 e. The van der Waals surface area contributed by atoms with E-state index in [9.17, 15) is 5.11 Å². The highest BCUT2D eigenvalue weighted by molar-refractivity contribution is 5.90. The van der Waals surface area contributed by atoms with Crippen molar-refractivity contribution < 1.29 is 5.11 Å². The van der Waals surface area contributed by atoms with Crippen LogP contribution in [0, 0.1) is 22.7 Å². The molecule has 0 unspecified atom stereocenters. The minimum Gasteiger partial charge on any atom is -0.507 e. The van der Waals surface area contributed by atoms with Gasteiger partial charge in [-0.3, -0.25) is 0 Å². The van der Waals surface area contributed by atoms with Gasteiger partial charge in [0.1, 0.15) is 17.9 Å².